The molecule has 3 aromatic rings. The van der Waals surface area contributed by atoms with E-state index >= 15 is 0 Å². The fourth-order valence-electron chi connectivity index (χ4n) is 4.89. The molecule has 2 N–H and O–H groups in total. The van der Waals surface area contributed by atoms with Gasteiger partial charge in [0.2, 0.25) is 0 Å². The molecular weight excluding hydrogens is 396 g/mol. The number of rotatable bonds is 8. The summed E-state index contributed by atoms with van der Waals surface area (Å²) in [6.45, 7) is 3.40. The topological polar surface area (TPSA) is 50.4 Å². The number of amides is 1. The summed E-state index contributed by atoms with van der Waals surface area (Å²) in [7, 11) is 0. The first kappa shape index (κ1) is 22.1. The number of ether oxygens (including phenoxy) is 1. The summed E-state index contributed by atoms with van der Waals surface area (Å²) < 4.78 is 5.78. The third-order valence-corrected chi connectivity index (χ3v) is 6.37. The molecule has 4 nitrogen and oxygen atoms in total. The molecule has 1 heterocycles. The van der Waals surface area contributed by atoms with Crippen LogP contribution in [0, 0.1) is 0 Å². The first-order chi connectivity index (χ1) is 15.7. The lowest BCUT2D eigenvalue weighted by Gasteiger charge is -2.41. The minimum absolute atomic E-state index is 0.0724. The van der Waals surface area contributed by atoms with Gasteiger partial charge in [0.1, 0.15) is 6.10 Å². The standard InChI is InChI=1S/C28H32N2O2/c1-2-3-19-29-27(31)32-25-20-26(30-21-25)28(22-13-7-4-8-14-22,23-15-9-5-10-16-23)24-17-11-6-12-18-24/h4-18,25-26,30H,2-3,19-21H2,1H3,(H,29,31). The van der Waals surface area contributed by atoms with Gasteiger partial charge in [-0.15, -0.1) is 0 Å². The number of hydrogen-bond acceptors (Lipinski definition) is 3. The molecule has 2 unspecified atom stereocenters. The molecule has 166 valence electrons. The van der Waals surface area contributed by atoms with E-state index in [1.807, 2.05) is 0 Å². The average molecular weight is 429 g/mol. The summed E-state index contributed by atoms with van der Waals surface area (Å²) >= 11 is 0. The maximum absolute atomic E-state index is 12.3. The summed E-state index contributed by atoms with van der Waals surface area (Å²) in [6, 6.07) is 32.0. The van der Waals surface area contributed by atoms with Gasteiger partial charge >= 0.3 is 6.09 Å². The molecular formula is C28H32N2O2. The summed E-state index contributed by atoms with van der Waals surface area (Å²) in [6.07, 6.45) is 2.24. The SMILES string of the molecule is CCCCNC(=O)OC1CNC(C(c2ccccc2)(c2ccccc2)c2ccccc2)C1. The van der Waals surface area contributed by atoms with Crippen molar-refractivity contribution in [3.63, 3.8) is 0 Å². The number of unbranched alkanes of at least 4 members (excludes halogenated alkanes) is 1. The zero-order valence-corrected chi connectivity index (χ0v) is 18.7. The molecule has 1 aliphatic heterocycles. The van der Waals surface area contributed by atoms with Crippen LogP contribution in [0.5, 0.6) is 0 Å². The van der Waals surface area contributed by atoms with Gasteiger partial charge in [0.05, 0.1) is 5.41 Å². The van der Waals surface area contributed by atoms with Crippen LogP contribution in [0.25, 0.3) is 0 Å². The second-order valence-electron chi connectivity index (χ2n) is 8.41. The lowest BCUT2D eigenvalue weighted by molar-refractivity contribution is 0.105. The minimum atomic E-state index is -0.402. The van der Waals surface area contributed by atoms with Gasteiger partial charge in [0, 0.05) is 25.6 Å². The van der Waals surface area contributed by atoms with Gasteiger partial charge < -0.3 is 15.4 Å². The van der Waals surface area contributed by atoms with Crippen molar-refractivity contribution in [1.82, 2.24) is 10.6 Å². The molecule has 4 heteroatoms. The summed E-state index contributed by atoms with van der Waals surface area (Å²) in [5, 5.41) is 6.58. The van der Waals surface area contributed by atoms with Crippen LogP contribution in [-0.2, 0) is 10.2 Å². The Balaban J connectivity index is 1.70. The van der Waals surface area contributed by atoms with Crippen molar-refractivity contribution < 1.29 is 9.53 Å². The summed E-state index contributed by atoms with van der Waals surface area (Å²) in [4.78, 5) is 12.3. The van der Waals surface area contributed by atoms with E-state index in [1.165, 1.54) is 16.7 Å². The van der Waals surface area contributed by atoms with Crippen LogP contribution in [0.4, 0.5) is 4.79 Å². The van der Waals surface area contributed by atoms with E-state index in [2.05, 4.69) is 109 Å². The predicted molar refractivity (Wildman–Crippen MR) is 129 cm³/mol. The average Bonchev–Trinajstić information content (AvgIpc) is 3.30. The predicted octanol–water partition coefficient (Wildman–Crippen LogP) is 5.28. The Kier molecular flexibility index (Phi) is 7.23. The number of carbonyl (C=O) groups is 1. The maximum atomic E-state index is 12.3. The van der Waals surface area contributed by atoms with E-state index in [-0.39, 0.29) is 18.2 Å². The van der Waals surface area contributed by atoms with Gasteiger partial charge in [-0.3, -0.25) is 0 Å². The third kappa shape index (κ3) is 4.56. The van der Waals surface area contributed by atoms with Gasteiger partial charge in [-0.2, -0.15) is 0 Å². The number of alkyl carbamates (subject to hydrolysis) is 1. The zero-order valence-electron chi connectivity index (χ0n) is 18.7. The van der Waals surface area contributed by atoms with E-state index in [0.29, 0.717) is 13.1 Å². The fourth-order valence-corrected chi connectivity index (χ4v) is 4.89. The van der Waals surface area contributed by atoms with Crippen molar-refractivity contribution in [2.45, 2.75) is 43.7 Å². The molecule has 0 bridgehead atoms. The van der Waals surface area contributed by atoms with E-state index < -0.39 is 5.41 Å². The molecule has 3 aromatic carbocycles. The first-order valence-corrected chi connectivity index (χ1v) is 11.6. The Morgan fingerprint density at radius 2 is 1.41 bits per heavy atom. The Morgan fingerprint density at radius 1 is 0.906 bits per heavy atom. The van der Waals surface area contributed by atoms with Crippen molar-refractivity contribution in [3.05, 3.63) is 108 Å². The minimum Gasteiger partial charge on any atom is -0.445 e. The molecule has 32 heavy (non-hydrogen) atoms. The number of hydrogen-bond donors (Lipinski definition) is 2. The fraction of sp³-hybridized carbons (Fsp3) is 0.321. The Morgan fingerprint density at radius 3 is 1.88 bits per heavy atom. The van der Waals surface area contributed by atoms with E-state index in [4.69, 9.17) is 4.74 Å². The molecule has 0 radical (unpaired) electrons. The second-order valence-corrected chi connectivity index (χ2v) is 8.41. The second kappa shape index (κ2) is 10.5. The molecule has 0 aliphatic carbocycles. The maximum Gasteiger partial charge on any atom is 0.407 e. The van der Waals surface area contributed by atoms with Gasteiger partial charge in [-0.1, -0.05) is 104 Å². The van der Waals surface area contributed by atoms with Crippen LogP contribution in [-0.4, -0.2) is 31.3 Å². The molecule has 1 saturated heterocycles. The molecule has 1 amide bonds. The monoisotopic (exact) mass is 428 g/mol. The van der Waals surface area contributed by atoms with Crippen LogP contribution < -0.4 is 10.6 Å². The van der Waals surface area contributed by atoms with Crippen LogP contribution in [0.2, 0.25) is 0 Å². The van der Waals surface area contributed by atoms with Crippen molar-refractivity contribution in [3.8, 4) is 0 Å². The molecule has 0 saturated carbocycles. The molecule has 2 atom stereocenters. The molecule has 4 rings (SSSR count). The van der Waals surface area contributed by atoms with Crippen molar-refractivity contribution in [2.75, 3.05) is 13.1 Å². The van der Waals surface area contributed by atoms with Gasteiger partial charge in [0.15, 0.2) is 0 Å². The summed E-state index contributed by atoms with van der Waals surface area (Å²) in [5.74, 6) is 0. The van der Waals surface area contributed by atoms with Gasteiger partial charge in [-0.05, 0) is 23.1 Å². The molecule has 1 fully saturated rings. The Bertz CT molecular complexity index is 879. The van der Waals surface area contributed by atoms with Crippen molar-refractivity contribution >= 4 is 6.09 Å². The van der Waals surface area contributed by atoms with Gasteiger partial charge in [0.25, 0.3) is 0 Å². The first-order valence-electron chi connectivity index (χ1n) is 11.6. The smallest absolute Gasteiger partial charge is 0.407 e. The highest BCUT2D eigenvalue weighted by Crippen LogP contribution is 2.44. The highest BCUT2D eigenvalue weighted by molar-refractivity contribution is 5.67. The highest BCUT2D eigenvalue weighted by Gasteiger charge is 2.47. The lowest BCUT2D eigenvalue weighted by Crippen LogP contribution is -2.47. The number of carbonyl (C=O) groups excluding carboxylic acids is 1. The Labute approximate surface area is 191 Å². The summed E-state index contributed by atoms with van der Waals surface area (Å²) in [5.41, 5.74) is 3.27. The van der Waals surface area contributed by atoms with Crippen LogP contribution >= 0.6 is 0 Å². The molecule has 0 aromatic heterocycles. The normalized spacial score (nSPS) is 18.3. The molecule has 0 spiro atoms. The van der Waals surface area contributed by atoms with E-state index in [1.54, 1.807) is 0 Å². The number of nitrogens with one attached hydrogen (secondary N) is 2. The quantitative estimate of drug-likeness (QED) is 0.379. The van der Waals surface area contributed by atoms with Crippen molar-refractivity contribution in [1.29, 1.82) is 0 Å². The zero-order chi connectivity index (χ0) is 22.2. The number of benzene rings is 3. The van der Waals surface area contributed by atoms with E-state index in [9.17, 15) is 4.79 Å². The third-order valence-electron chi connectivity index (χ3n) is 6.37. The van der Waals surface area contributed by atoms with Crippen molar-refractivity contribution in [2.24, 2.45) is 0 Å². The van der Waals surface area contributed by atoms with Crippen LogP contribution in [0.1, 0.15) is 42.9 Å². The largest absolute Gasteiger partial charge is 0.445 e. The highest BCUT2D eigenvalue weighted by atomic mass is 16.6. The van der Waals surface area contributed by atoms with Crippen LogP contribution in [0.3, 0.4) is 0 Å². The van der Waals surface area contributed by atoms with Gasteiger partial charge in [-0.25, -0.2) is 4.79 Å². The van der Waals surface area contributed by atoms with Crippen LogP contribution in [0.15, 0.2) is 91.0 Å². The Hall–Kier alpha value is -3.11. The lowest BCUT2D eigenvalue weighted by atomic mass is 9.64. The van der Waals surface area contributed by atoms with E-state index in [0.717, 1.165) is 19.3 Å². The molecule has 1 aliphatic rings.